The predicted octanol–water partition coefficient (Wildman–Crippen LogP) is 4.33. The predicted molar refractivity (Wildman–Crippen MR) is 99.8 cm³/mol. The molecule has 3 rings (SSSR count). The van der Waals surface area contributed by atoms with Crippen LogP contribution in [-0.4, -0.2) is 24.7 Å². The molecule has 0 saturated heterocycles. The fraction of sp³-hybridized carbons (Fsp3) is 0.200. The van der Waals surface area contributed by atoms with Gasteiger partial charge in [-0.3, -0.25) is 0 Å². The number of aryl methyl sites for hydroxylation is 1. The van der Waals surface area contributed by atoms with E-state index in [1.165, 1.54) is 0 Å². The van der Waals surface area contributed by atoms with Crippen LogP contribution in [0, 0.1) is 6.92 Å². The Morgan fingerprint density at radius 3 is 2.73 bits per heavy atom. The topological polar surface area (TPSA) is 57.7 Å². The van der Waals surface area contributed by atoms with Crippen molar-refractivity contribution in [2.75, 3.05) is 13.7 Å². The number of methoxy groups -OCH3 is 1. The standard InChI is InChI=1S/C20H18ClNO4/c1-13-5-3-4-6-18(13)25-12-19(23)26-11-15-9-14-7-8-16(24-2)10-17(14)22-20(15)21/h3-10H,11-12H2,1-2H3. The van der Waals surface area contributed by atoms with Gasteiger partial charge in [0.1, 0.15) is 23.3 Å². The van der Waals surface area contributed by atoms with Gasteiger partial charge in [-0.05, 0) is 36.8 Å². The van der Waals surface area contributed by atoms with Gasteiger partial charge in [-0.15, -0.1) is 0 Å². The number of nitrogens with zero attached hydrogens (tertiary/aromatic N) is 1. The Morgan fingerprint density at radius 1 is 1.15 bits per heavy atom. The molecule has 0 fully saturated rings. The Balaban J connectivity index is 1.62. The number of carbonyl (C=O) groups is 1. The van der Waals surface area contributed by atoms with Crippen molar-refractivity contribution in [1.82, 2.24) is 4.98 Å². The van der Waals surface area contributed by atoms with Crippen LogP contribution in [0.4, 0.5) is 0 Å². The monoisotopic (exact) mass is 371 g/mol. The highest BCUT2D eigenvalue weighted by Crippen LogP contribution is 2.24. The molecule has 0 unspecified atom stereocenters. The number of para-hydroxylation sites is 1. The minimum absolute atomic E-state index is 0.0315. The third-order valence-electron chi connectivity index (χ3n) is 3.88. The maximum atomic E-state index is 11.9. The van der Waals surface area contributed by atoms with Crippen molar-refractivity contribution in [3.8, 4) is 11.5 Å². The third kappa shape index (κ3) is 4.24. The van der Waals surface area contributed by atoms with Gasteiger partial charge in [0.15, 0.2) is 6.61 Å². The van der Waals surface area contributed by atoms with Crippen molar-refractivity contribution in [2.45, 2.75) is 13.5 Å². The van der Waals surface area contributed by atoms with Crippen LogP contribution in [0.3, 0.4) is 0 Å². The molecular weight excluding hydrogens is 354 g/mol. The van der Waals surface area contributed by atoms with Gasteiger partial charge in [0.25, 0.3) is 0 Å². The summed E-state index contributed by atoms with van der Waals surface area (Å²) in [6.45, 7) is 1.78. The summed E-state index contributed by atoms with van der Waals surface area (Å²) >= 11 is 6.20. The van der Waals surface area contributed by atoms with E-state index in [1.807, 2.05) is 43.3 Å². The quantitative estimate of drug-likeness (QED) is 0.477. The van der Waals surface area contributed by atoms with Crippen molar-refractivity contribution in [1.29, 1.82) is 0 Å². The number of halogens is 1. The number of rotatable bonds is 6. The minimum Gasteiger partial charge on any atom is -0.497 e. The molecule has 134 valence electrons. The number of fused-ring (bicyclic) bond motifs is 1. The fourth-order valence-corrected chi connectivity index (χ4v) is 2.65. The number of hydrogen-bond donors (Lipinski definition) is 0. The smallest absolute Gasteiger partial charge is 0.344 e. The number of ether oxygens (including phenoxy) is 3. The molecule has 0 N–H and O–H groups in total. The van der Waals surface area contributed by atoms with E-state index >= 15 is 0 Å². The van der Waals surface area contributed by atoms with Crippen LogP contribution < -0.4 is 9.47 Å². The first kappa shape index (κ1) is 18.0. The second kappa shape index (κ2) is 8.06. The zero-order chi connectivity index (χ0) is 18.5. The number of esters is 1. The van der Waals surface area contributed by atoms with E-state index in [9.17, 15) is 4.79 Å². The summed E-state index contributed by atoms with van der Waals surface area (Å²) in [4.78, 5) is 16.3. The maximum Gasteiger partial charge on any atom is 0.344 e. The van der Waals surface area contributed by atoms with Gasteiger partial charge in [0.05, 0.1) is 12.6 Å². The van der Waals surface area contributed by atoms with Crippen LogP contribution in [0.5, 0.6) is 11.5 Å². The molecule has 0 amide bonds. The summed E-state index contributed by atoms with van der Waals surface area (Å²) in [6, 6.07) is 14.8. The van der Waals surface area contributed by atoms with Gasteiger partial charge >= 0.3 is 5.97 Å². The molecule has 1 aromatic heterocycles. The fourth-order valence-electron chi connectivity index (χ4n) is 2.45. The van der Waals surface area contributed by atoms with Crippen LogP contribution >= 0.6 is 11.6 Å². The highest BCUT2D eigenvalue weighted by molar-refractivity contribution is 6.30. The molecule has 0 spiro atoms. The van der Waals surface area contributed by atoms with Gasteiger partial charge in [-0.25, -0.2) is 9.78 Å². The minimum atomic E-state index is -0.473. The molecule has 0 atom stereocenters. The van der Waals surface area contributed by atoms with Gasteiger partial charge in [-0.1, -0.05) is 29.8 Å². The first-order valence-corrected chi connectivity index (χ1v) is 8.42. The Kier molecular flexibility index (Phi) is 5.58. The molecule has 0 radical (unpaired) electrons. The SMILES string of the molecule is COc1ccc2cc(COC(=O)COc3ccccc3C)c(Cl)nc2c1. The Morgan fingerprint density at radius 2 is 1.96 bits per heavy atom. The molecule has 5 nitrogen and oxygen atoms in total. The summed E-state index contributed by atoms with van der Waals surface area (Å²) < 4.78 is 15.9. The lowest BCUT2D eigenvalue weighted by Crippen LogP contribution is -2.15. The van der Waals surface area contributed by atoms with Crippen LogP contribution in [0.15, 0.2) is 48.5 Å². The molecule has 0 aliphatic carbocycles. The zero-order valence-electron chi connectivity index (χ0n) is 14.5. The van der Waals surface area contributed by atoms with Crippen molar-refractivity contribution < 1.29 is 19.0 Å². The molecule has 0 saturated carbocycles. The Hall–Kier alpha value is -2.79. The van der Waals surface area contributed by atoms with E-state index in [4.69, 9.17) is 25.8 Å². The molecule has 3 aromatic rings. The van der Waals surface area contributed by atoms with Crippen molar-refractivity contribution in [3.05, 3.63) is 64.8 Å². The second-order valence-corrected chi connectivity index (χ2v) is 6.07. The number of aromatic nitrogens is 1. The zero-order valence-corrected chi connectivity index (χ0v) is 15.2. The normalized spacial score (nSPS) is 10.6. The average molecular weight is 372 g/mol. The summed E-state index contributed by atoms with van der Waals surface area (Å²) in [6.07, 6.45) is 0. The maximum absolute atomic E-state index is 11.9. The first-order chi connectivity index (χ1) is 12.6. The molecule has 0 aliphatic rings. The van der Waals surface area contributed by atoms with Crippen LogP contribution in [0.1, 0.15) is 11.1 Å². The van der Waals surface area contributed by atoms with E-state index in [0.717, 1.165) is 10.9 Å². The average Bonchev–Trinajstić information content (AvgIpc) is 2.65. The van der Waals surface area contributed by atoms with Crippen molar-refractivity contribution in [2.24, 2.45) is 0 Å². The second-order valence-electron chi connectivity index (χ2n) is 5.71. The molecular formula is C20H18ClNO4. The van der Waals surface area contributed by atoms with E-state index < -0.39 is 5.97 Å². The lowest BCUT2D eigenvalue weighted by Gasteiger charge is -2.10. The summed E-state index contributed by atoms with van der Waals surface area (Å²) in [7, 11) is 1.59. The number of pyridine rings is 1. The number of carbonyl (C=O) groups excluding carboxylic acids is 1. The van der Waals surface area contributed by atoms with E-state index in [2.05, 4.69) is 4.98 Å². The van der Waals surface area contributed by atoms with Crippen LogP contribution in [0.25, 0.3) is 10.9 Å². The van der Waals surface area contributed by atoms with Gasteiger partial charge in [0, 0.05) is 17.0 Å². The molecule has 6 heteroatoms. The summed E-state index contributed by atoms with van der Waals surface area (Å²) in [5.74, 6) is 0.886. The number of benzene rings is 2. The first-order valence-electron chi connectivity index (χ1n) is 8.04. The molecule has 2 aromatic carbocycles. The summed E-state index contributed by atoms with van der Waals surface area (Å²) in [5, 5.41) is 1.18. The highest BCUT2D eigenvalue weighted by Gasteiger charge is 2.10. The largest absolute Gasteiger partial charge is 0.497 e. The van der Waals surface area contributed by atoms with Gasteiger partial charge in [-0.2, -0.15) is 0 Å². The van der Waals surface area contributed by atoms with E-state index in [-0.39, 0.29) is 13.2 Å². The van der Waals surface area contributed by atoms with Crippen LogP contribution in [0.2, 0.25) is 5.15 Å². The lowest BCUT2D eigenvalue weighted by atomic mass is 10.1. The number of hydrogen-bond acceptors (Lipinski definition) is 5. The molecule has 26 heavy (non-hydrogen) atoms. The third-order valence-corrected chi connectivity index (χ3v) is 4.21. The van der Waals surface area contributed by atoms with E-state index in [1.54, 1.807) is 19.2 Å². The van der Waals surface area contributed by atoms with Gasteiger partial charge < -0.3 is 14.2 Å². The van der Waals surface area contributed by atoms with Crippen molar-refractivity contribution >= 4 is 28.5 Å². The highest BCUT2D eigenvalue weighted by atomic mass is 35.5. The molecule has 0 aliphatic heterocycles. The molecule has 0 bridgehead atoms. The van der Waals surface area contributed by atoms with E-state index in [0.29, 0.717) is 27.7 Å². The summed E-state index contributed by atoms with van der Waals surface area (Å²) in [5.41, 5.74) is 2.30. The van der Waals surface area contributed by atoms with Gasteiger partial charge in [0.2, 0.25) is 0 Å². The van der Waals surface area contributed by atoms with Crippen molar-refractivity contribution in [3.63, 3.8) is 0 Å². The van der Waals surface area contributed by atoms with Crippen LogP contribution in [-0.2, 0) is 16.1 Å². The Bertz CT molecular complexity index is 942. The lowest BCUT2D eigenvalue weighted by molar-refractivity contribution is -0.147. The molecule has 1 heterocycles. The Labute approximate surface area is 156 Å².